The van der Waals surface area contributed by atoms with Crippen LogP contribution in [0.1, 0.15) is 25.8 Å². The highest BCUT2D eigenvalue weighted by atomic mass is 32.2. The van der Waals surface area contributed by atoms with Crippen LogP contribution in [0.25, 0.3) is 0 Å². The van der Waals surface area contributed by atoms with Crippen molar-refractivity contribution in [3.05, 3.63) is 78.4 Å². The highest BCUT2D eigenvalue weighted by Crippen LogP contribution is 2.33. The monoisotopic (exact) mass is 597 g/mol. The van der Waals surface area contributed by atoms with Crippen LogP contribution in [0.4, 0.5) is 5.69 Å². The largest absolute Gasteiger partial charge is 0.494 e. The van der Waals surface area contributed by atoms with Gasteiger partial charge in [-0.25, -0.2) is 8.42 Å². The fourth-order valence-electron chi connectivity index (χ4n) is 4.57. The van der Waals surface area contributed by atoms with Crippen molar-refractivity contribution >= 4 is 27.5 Å². The van der Waals surface area contributed by atoms with Crippen LogP contribution in [0, 0.1) is 0 Å². The molecule has 11 heteroatoms. The molecule has 0 radical (unpaired) electrons. The Labute approximate surface area is 248 Å². The van der Waals surface area contributed by atoms with Gasteiger partial charge in [-0.3, -0.25) is 13.9 Å². The van der Waals surface area contributed by atoms with Gasteiger partial charge in [-0.15, -0.1) is 0 Å². The maximum Gasteiger partial charge on any atom is 0.264 e. The summed E-state index contributed by atoms with van der Waals surface area (Å²) in [6.45, 7) is 3.79. The smallest absolute Gasteiger partial charge is 0.264 e. The molecule has 3 aromatic rings. The molecule has 226 valence electrons. The summed E-state index contributed by atoms with van der Waals surface area (Å²) in [6.07, 6.45) is 0.844. The summed E-state index contributed by atoms with van der Waals surface area (Å²) in [5.74, 6) is 0.315. The number of sulfonamides is 1. The summed E-state index contributed by atoms with van der Waals surface area (Å²) in [5, 5.41) is 2.63. The van der Waals surface area contributed by atoms with Crippen LogP contribution in [0.5, 0.6) is 17.2 Å². The van der Waals surface area contributed by atoms with Crippen molar-refractivity contribution < 1.29 is 32.2 Å². The second kappa shape index (κ2) is 15.1. The van der Waals surface area contributed by atoms with Gasteiger partial charge in [0.25, 0.3) is 10.0 Å². The predicted molar refractivity (Wildman–Crippen MR) is 162 cm³/mol. The van der Waals surface area contributed by atoms with Crippen LogP contribution in [0.2, 0.25) is 0 Å². The third-order valence-electron chi connectivity index (χ3n) is 6.77. The quantitative estimate of drug-likeness (QED) is 0.283. The minimum Gasteiger partial charge on any atom is -0.494 e. The molecule has 0 bridgehead atoms. The maximum absolute atomic E-state index is 14.1. The molecule has 0 saturated heterocycles. The summed E-state index contributed by atoms with van der Waals surface area (Å²) in [4.78, 5) is 28.2. The van der Waals surface area contributed by atoms with Crippen molar-refractivity contribution in [3.63, 3.8) is 0 Å². The summed E-state index contributed by atoms with van der Waals surface area (Å²) in [5.41, 5.74) is 1.25. The summed E-state index contributed by atoms with van der Waals surface area (Å²) < 4.78 is 45.4. The van der Waals surface area contributed by atoms with Gasteiger partial charge in [0.2, 0.25) is 11.8 Å². The third kappa shape index (κ3) is 7.73. The van der Waals surface area contributed by atoms with Crippen LogP contribution < -0.4 is 23.8 Å². The number of amides is 2. The Morgan fingerprint density at radius 2 is 1.57 bits per heavy atom. The van der Waals surface area contributed by atoms with E-state index in [4.69, 9.17) is 14.2 Å². The van der Waals surface area contributed by atoms with Crippen LogP contribution in [0.3, 0.4) is 0 Å². The van der Waals surface area contributed by atoms with E-state index in [1.807, 2.05) is 44.2 Å². The Balaban J connectivity index is 2.05. The zero-order chi connectivity index (χ0) is 30.7. The molecule has 1 N–H and O–H groups in total. The summed E-state index contributed by atoms with van der Waals surface area (Å²) in [6, 6.07) is 19.5. The van der Waals surface area contributed by atoms with Crippen molar-refractivity contribution in [1.82, 2.24) is 10.2 Å². The highest BCUT2D eigenvalue weighted by molar-refractivity contribution is 7.92. The summed E-state index contributed by atoms with van der Waals surface area (Å²) in [7, 11) is 0.0995. The van der Waals surface area contributed by atoms with E-state index in [0.29, 0.717) is 30.9 Å². The first-order chi connectivity index (χ1) is 20.2. The van der Waals surface area contributed by atoms with E-state index in [0.717, 1.165) is 9.87 Å². The van der Waals surface area contributed by atoms with Crippen LogP contribution >= 0.6 is 0 Å². The number of methoxy groups -OCH3 is 2. The molecule has 42 heavy (non-hydrogen) atoms. The molecular formula is C31H39N3O7S. The van der Waals surface area contributed by atoms with Crippen molar-refractivity contribution in [1.29, 1.82) is 0 Å². The zero-order valence-electron chi connectivity index (χ0n) is 24.7. The Hall–Kier alpha value is -4.25. The van der Waals surface area contributed by atoms with E-state index in [2.05, 4.69) is 5.32 Å². The fourth-order valence-corrected chi connectivity index (χ4v) is 6.00. The second-order valence-corrected chi connectivity index (χ2v) is 11.2. The van der Waals surface area contributed by atoms with Gasteiger partial charge in [-0.1, -0.05) is 37.3 Å². The molecule has 3 aromatic carbocycles. The minimum absolute atomic E-state index is 0.0870. The highest BCUT2D eigenvalue weighted by Gasteiger charge is 2.33. The molecule has 0 spiro atoms. The number of hydrogen-bond donors (Lipinski definition) is 1. The number of nitrogens with zero attached hydrogens (tertiary/aromatic N) is 2. The first-order valence-corrected chi connectivity index (χ1v) is 15.2. The van der Waals surface area contributed by atoms with Gasteiger partial charge in [0.05, 0.1) is 31.4 Å². The third-order valence-corrected chi connectivity index (χ3v) is 8.54. The number of hydrogen-bond acceptors (Lipinski definition) is 7. The van der Waals surface area contributed by atoms with Crippen LogP contribution in [-0.4, -0.2) is 72.1 Å². The molecule has 0 unspecified atom stereocenters. The number of rotatable bonds is 15. The molecule has 0 saturated carbocycles. The average molecular weight is 598 g/mol. The van der Waals surface area contributed by atoms with Crippen molar-refractivity contribution in [3.8, 4) is 17.2 Å². The molecule has 0 aliphatic rings. The number of carbonyl (C=O) groups is 2. The Morgan fingerprint density at radius 3 is 2.14 bits per heavy atom. The van der Waals surface area contributed by atoms with E-state index in [1.54, 1.807) is 24.3 Å². The molecule has 0 fully saturated rings. The molecule has 0 aliphatic carbocycles. The zero-order valence-corrected chi connectivity index (χ0v) is 25.5. The number of ether oxygens (including phenoxy) is 3. The minimum atomic E-state index is -4.28. The van der Waals surface area contributed by atoms with Crippen molar-refractivity contribution in [2.24, 2.45) is 0 Å². The average Bonchev–Trinajstić information content (AvgIpc) is 3.02. The molecule has 1 atom stereocenters. The molecule has 0 aliphatic heterocycles. The van der Waals surface area contributed by atoms with Crippen LogP contribution in [-0.2, 0) is 26.0 Å². The molecule has 2 amide bonds. The first kappa shape index (κ1) is 32.3. The van der Waals surface area contributed by atoms with Crippen LogP contribution in [0.15, 0.2) is 77.7 Å². The Kier molecular flexibility index (Phi) is 11.6. The topological polar surface area (TPSA) is 114 Å². The van der Waals surface area contributed by atoms with Crippen molar-refractivity contribution in [2.45, 2.75) is 37.6 Å². The number of anilines is 1. The standard InChI is InChI=1S/C31H39N3O7S/c1-6-27(31(36)32-3)33(20-19-23-11-9-8-10-12-23)30(35)22-34(24-13-15-25(16-14-24)41-7-2)42(37,38)26-17-18-28(39-4)29(21-26)40-5/h8-18,21,27H,6-7,19-20,22H2,1-5H3,(H,32,36)/t27-/m0/s1. The summed E-state index contributed by atoms with van der Waals surface area (Å²) >= 11 is 0. The molecule has 0 heterocycles. The fraction of sp³-hybridized carbons (Fsp3) is 0.355. The lowest BCUT2D eigenvalue weighted by Crippen LogP contribution is -2.52. The van der Waals surface area contributed by atoms with E-state index in [9.17, 15) is 18.0 Å². The lowest BCUT2D eigenvalue weighted by Gasteiger charge is -2.33. The van der Waals surface area contributed by atoms with Gasteiger partial charge in [-0.2, -0.15) is 0 Å². The van der Waals surface area contributed by atoms with Gasteiger partial charge in [0.15, 0.2) is 11.5 Å². The van der Waals surface area contributed by atoms with Gasteiger partial charge in [-0.05, 0) is 61.7 Å². The lowest BCUT2D eigenvalue weighted by molar-refractivity contribution is -0.139. The predicted octanol–water partition coefficient (Wildman–Crippen LogP) is 3.89. The van der Waals surface area contributed by atoms with Gasteiger partial charge in [0, 0.05) is 19.7 Å². The maximum atomic E-state index is 14.1. The van der Waals surface area contributed by atoms with E-state index >= 15 is 0 Å². The van der Waals surface area contributed by atoms with E-state index < -0.39 is 28.5 Å². The number of nitrogens with one attached hydrogen (secondary N) is 1. The number of carbonyl (C=O) groups excluding carboxylic acids is 2. The normalized spacial score (nSPS) is 11.7. The van der Waals surface area contributed by atoms with Gasteiger partial charge >= 0.3 is 0 Å². The molecule has 10 nitrogen and oxygen atoms in total. The van der Waals surface area contributed by atoms with E-state index in [-0.39, 0.29) is 28.8 Å². The lowest BCUT2D eigenvalue weighted by atomic mass is 10.1. The molecule has 3 rings (SSSR count). The SMILES string of the molecule is CCOc1ccc(N(CC(=O)N(CCc2ccccc2)[C@@H](CC)C(=O)NC)S(=O)(=O)c2ccc(OC)c(OC)c2)cc1. The number of benzene rings is 3. The van der Waals surface area contributed by atoms with Gasteiger partial charge < -0.3 is 24.4 Å². The molecular weight excluding hydrogens is 558 g/mol. The second-order valence-electron chi connectivity index (χ2n) is 9.32. The van der Waals surface area contributed by atoms with E-state index in [1.165, 1.54) is 44.4 Å². The first-order valence-electron chi connectivity index (χ1n) is 13.7. The Morgan fingerprint density at radius 1 is 0.905 bits per heavy atom. The molecule has 0 aromatic heterocycles. The number of likely N-dealkylation sites (N-methyl/N-ethyl adjacent to an activating group) is 1. The van der Waals surface area contributed by atoms with Gasteiger partial charge in [0.1, 0.15) is 18.3 Å². The Bertz CT molecular complexity index is 1430. The van der Waals surface area contributed by atoms with Crippen molar-refractivity contribution in [2.75, 3.05) is 45.3 Å².